The van der Waals surface area contributed by atoms with Gasteiger partial charge in [0.05, 0.1) is 11.8 Å². The molecule has 0 saturated heterocycles. The van der Waals surface area contributed by atoms with Crippen LogP contribution in [0.2, 0.25) is 0 Å². The number of aromatic hydroxyl groups is 1. The number of amides is 1. The van der Waals surface area contributed by atoms with Crippen LogP contribution in [-0.4, -0.2) is 11.0 Å². The highest BCUT2D eigenvalue weighted by Gasteiger charge is 2.07. The zero-order valence-corrected chi connectivity index (χ0v) is 8.73. The molecule has 0 aliphatic carbocycles. The Balaban J connectivity index is 2.15. The molecule has 1 aromatic heterocycles. The third kappa shape index (κ3) is 2.06. The molecule has 4 nitrogen and oxygen atoms in total. The number of rotatable bonds is 2. The zero-order chi connectivity index (χ0) is 11.5. The predicted octanol–water partition coefficient (Wildman–Crippen LogP) is 2.55. The molecule has 2 N–H and O–H groups in total. The van der Waals surface area contributed by atoms with Crippen LogP contribution in [0.4, 0.5) is 5.69 Å². The fourth-order valence-corrected chi connectivity index (χ4v) is 1.28. The highest BCUT2D eigenvalue weighted by Crippen LogP contribution is 2.21. The molecule has 1 heterocycles. The first-order valence-electron chi connectivity index (χ1n) is 4.80. The van der Waals surface area contributed by atoms with E-state index >= 15 is 0 Å². The van der Waals surface area contributed by atoms with Gasteiger partial charge in [0.15, 0.2) is 0 Å². The maximum Gasteiger partial charge on any atom is 0.258 e. The second-order valence-corrected chi connectivity index (χ2v) is 3.47. The first-order valence-corrected chi connectivity index (χ1v) is 4.80. The number of hydrogen-bond acceptors (Lipinski definition) is 3. The lowest BCUT2D eigenvalue weighted by Gasteiger charge is -2.05. The minimum absolute atomic E-state index is 0.157. The number of furan rings is 1. The van der Waals surface area contributed by atoms with E-state index in [4.69, 9.17) is 4.42 Å². The Hall–Kier alpha value is -2.23. The van der Waals surface area contributed by atoms with Gasteiger partial charge in [0, 0.05) is 11.8 Å². The molecule has 0 bridgehead atoms. The van der Waals surface area contributed by atoms with Gasteiger partial charge in [-0.15, -0.1) is 0 Å². The van der Waals surface area contributed by atoms with Gasteiger partial charge in [-0.2, -0.15) is 0 Å². The van der Waals surface area contributed by atoms with Crippen molar-refractivity contribution in [3.63, 3.8) is 0 Å². The van der Waals surface area contributed by atoms with E-state index < -0.39 is 0 Å². The maximum atomic E-state index is 11.6. The number of carbonyl (C=O) groups excluding carboxylic acids is 1. The summed E-state index contributed by atoms with van der Waals surface area (Å²) >= 11 is 0. The van der Waals surface area contributed by atoms with Crippen LogP contribution in [0, 0.1) is 6.92 Å². The van der Waals surface area contributed by atoms with Crippen LogP contribution < -0.4 is 5.32 Å². The van der Waals surface area contributed by atoms with Crippen molar-refractivity contribution < 1.29 is 14.3 Å². The summed E-state index contributed by atoms with van der Waals surface area (Å²) < 4.78 is 4.81. The quantitative estimate of drug-likeness (QED) is 0.812. The summed E-state index contributed by atoms with van der Waals surface area (Å²) in [5, 5.41) is 12.1. The van der Waals surface area contributed by atoms with Crippen LogP contribution in [0.5, 0.6) is 5.75 Å². The second kappa shape index (κ2) is 4.10. The third-order valence-electron chi connectivity index (χ3n) is 2.25. The van der Waals surface area contributed by atoms with E-state index in [0.29, 0.717) is 11.3 Å². The van der Waals surface area contributed by atoms with Crippen molar-refractivity contribution in [2.45, 2.75) is 6.92 Å². The van der Waals surface area contributed by atoms with Gasteiger partial charge in [0.25, 0.3) is 5.91 Å². The summed E-state index contributed by atoms with van der Waals surface area (Å²) in [5.74, 6) is -0.109. The third-order valence-corrected chi connectivity index (χ3v) is 2.25. The predicted molar refractivity (Wildman–Crippen MR) is 59.5 cm³/mol. The van der Waals surface area contributed by atoms with E-state index in [-0.39, 0.29) is 11.7 Å². The minimum Gasteiger partial charge on any atom is -0.508 e. The summed E-state index contributed by atoms with van der Waals surface area (Å²) in [7, 11) is 0. The highest BCUT2D eigenvalue weighted by atomic mass is 16.3. The molecule has 0 atom stereocenters. The van der Waals surface area contributed by atoms with Gasteiger partial charge >= 0.3 is 0 Å². The van der Waals surface area contributed by atoms with Crippen LogP contribution in [0.15, 0.2) is 41.2 Å². The molecule has 16 heavy (non-hydrogen) atoms. The normalized spacial score (nSPS) is 10.1. The minimum atomic E-state index is -0.267. The molecule has 0 unspecified atom stereocenters. The molecular weight excluding hydrogens is 206 g/mol. The topological polar surface area (TPSA) is 62.5 Å². The molecule has 0 fully saturated rings. The van der Waals surface area contributed by atoms with E-state index in [1.165, 1.54) is 18.6 Å². The summed E-state index contributed by atoms with van der Waals surface area (Å²) in [4.78, 5) is 11.6. The standard InChI is InChI=1S/C12H11NO3/c1-8-2-3-10(6-11(8)14)13-12(15)9-4-5-16-7-9/h2-7,14H,1H3,(H,13,15). The Kier molecular flexibility index (Phi) is 2.64. The van der Waals surface area contributed by atoms with E-state index in [1.54, 1.807) is 25.1 Å². The maximum absolute atomic E-state index is 11.6. The van der Waals surface area contributed by atoms with Crippen LogP contribution in [-0.2, 0) is 0 Å². The lowest BCUT2D eigenvalue weighted by molar-refractivity contribution is 0.102. The summed E-state index contributed by atoms with van der Waals surface area (Å²) in [6.45, 7) is 1.79. The summed E-state index contributed by atoms with van der Waals surface area (Å²) in [5.41, 5.74) is 1.76. The van der Waals surface area contributed by atoms with Gasteiger partial charge in [0.1, 0.15) is 12.0 Å². The SMILES string of the molecule is Cc1ccc(NC(=O)c2ccoc2)cc1O. The molecule has 4 heteroatoms. The van der Waals surface area contributed by atoms with Crippen molar-refractivity contribution in [2.75, 3.05) is 5.32 Å². The number of nitrogens with one attached hydrogen (secondary N) is 1. The van der Waals surface area contributed by atoms with E-state index in [2.05, 4.69) is 5.32 Å². The zero-order valence-electron chi connectivity index (χ0n) is 8.73. The van der Waals surface area contributed by atoms with Crippen molar-refractivity contribution in [1.29, 1.82) is 0 Å². The second-order valence-electron chi connectivity index (χ2n) is 3.47. The van der Waals surface area contributed by atoms with Crippen LogP contribution in [0.1, 0.15) is 15.9 Å². The number of benzene rings is 1. The van der Waals surface area contributed by atoms with Crippen LogP contribution >= 0.6 is 0 Å². The van der Waals surface area contributed by atoms with Crippen LogP contribution in [0.25, 0.3) is 0 Å². The van der Waals surface area contributed by atoms with E-state index in [0.717, 1.165) is 5.56 Å². The highest BCUT2D eigenvalue weighted by molar-refractivity contribution is 6.04. The number of aryl methyl sites for hydroxylation is 1. The molecule has 82 valence electrons. The molecular formula is C12H11NO3. The first-order chi connectivity index (χ1) is 7.66. The average molecular weight is 217 g/mol. The molecule has 1 aromatic carbocycles. The fraction of sp³-hybridized carbons (Fsp3) is 0.0833. The smallest absolute Gasteiger partial charge is 0.258 e. The number of phenols is 1. The van der Waals surface area contributed by atoms with Gasteiger partial charge < -0.3 is 14.8 Å². The largest absolute Gasteiger partial charge is 0.508 e. The number of hydrogen-bond donors (Lipinski definition) is 2. The molecule has 0 saturated carbocycles. The van der Waals surface area contributed by atoms with Gasteiger partial charge in [-0.1, -0.05) is 6.07 Å². The number of anilines is 1. The van der Waals surface area contributed by atoms with E-state index in [1.807, 2.05) is 0 Å². The molecule has 1 amide bonds. The fourth-order valence-electron chi connectivity index (χ4n) is 1.28. The molecule has 2 aromatic rings. The number of carbonyl (C=O) groups is 1. The monoisotopic (exact) mass is 217 g/mol. The number of phenolic OH excluding ortho intramolecular Hbond substituents is 1. The Labute approximate surface area is 92.5 Å². The lowest BCUT2D eigenvalue weighted by Crippen LogP contribution is -2.10. The van der Waals surface area contributed by atoms with Crippen molar-refractivity contribution in [3.05, 3.63) is 47.9 Å². The Morgan fingerprint density at radius 2 is 2.19 bits per heavy atom. The first kappa shape index (κ1) is 10.3. The van der Waals surface area contributed by atoms with Crippen molar-refractivity contribution in [2.24, 2.45) is 0 Å². The Morgan fingerprint density at radius 1 is 1.38 bits per heavy atom. The van der Waals surface area contributed by atoms with Gasteiger partial charge in [0.2, 0.25) is 0 Å². The average Bonchev–Trinajstić information content (AvgIpc) is 2.77. The molecule has 0 radical (unpaired) electrons. The summed E-state index contributed by atoms with van der Waals surface area (Å²) in [6.07, 6.45) is 2.80. The van der Waals surface area contributed by atoms with Crippen LogP contribution in [0.3, 0.4) is 0 Å². The summed E-state index contributed by atoms with van der Waals surface area (Å²) in [6, 6.07) is 6.55. The molecule has 0 aliphatic heterocycles. The van der Waals surface area contributed by atoms with Crippen molar-refractivity contribution >= 4 is 11.6 Å². The molecule has 0 aliphatic rings. The van der Waals surface area contributed by atoms with Crippen molar-refractivity contribution in [3.8, 4) is 5.75 Å². The molecule has 0 spiro atoms. The van der Waals surface area contributed by atoms with Crippen molar-refractivity contribution in [1.82, 2.24) is 0 Å². The van der Waals surface area contributed by atoms with Gasteiger partial charge in [-0.3, -0.25) is 4.79 Å². The Bertz CT molecular complexity index is 503. The van der Waals surface area contributed by atoms with Gasteiger partial charge in [-0.25, -0.2) is 0 Å². The van der Waals surface area contributed by atoms with E-state index in [9.17, 15) is 9.90 Å². The van der Waals surface area contributed by atoms with Gasteiger partial charge in [-0.05, 0) is 24.6 Å². The Morgan fingerprint density at radius 3 is 2.81 bits per heavy atom. The molecule has 2 rings (SSSR count). The lowest BCUT2D eigenvalue weighted by atomic mass is 10.2.